The van der Waals surface area contributed by atoms with Crippen molar-refractivity contribution in [3.05, 3.63) is 48.3 Å². The maximum absolute atomic E-state index is 12.3. The number of hydrogen-bond acceptors (Lipinski definition) is 4. The summed E-state index contributed by atoms with van der Waals surface area (Å²) in [6, 6.07) is 1.95. The third kappa shape index (κ3) is 3.56. The molecule has 2 aromatic rings. The lowest BCUT2D eigenvalue weighted by molar-refractivity contribution is -0.131. The van der Waals surface area contributed by atoms with Gasteiger partial charge >= 0.3 is 0 Å². The molecule has 3 heterocycles. The Morgan fingerprint density at radius 1 is 1.13 bits per heavy atom. The van der Waals surface area contributed by atoms with Gasteiger partial charge in [-0.25, -0.2) is 4.98 Å². The molecule has 1 aliphatic heterocycles. The number of aromatic nitrogens is 3. The van der Waals surface area contributed by atoms with Crippen molar-refractivity contribution in [2.45, 2.75) is 6.42 Å². The normalized spacial score (nSPS) is 14.8. The predicted molar refractivity (Wildman–Crippen MR) is 83.6 cm³/mol. The third-order valence-corrected chi connectivity index (χ3v) is 3.95. The van der Waals surface area contributed by atoms with Crippen molar-refractivity contribution in [3.63, 3.8) is 0 Å². The van der Waals surface area contributed by atoms with E-state index in [1.807, 2.05) is 35.0 Å². The molecular formula is C16H19N5O2. The average molecular weight is 313 g/mol. The van der Waals surface area contributed by atoms with Crippen molar-refractivity contribution >= 4 is 11.8 Å². The molecule has 0 N–H and O–H groups in total. The zero-order valence-electron chi connectivity index (χ0n) is 13.1. The smallest absolute Gasteiger partial charge is 0.274 e. The number of piperazine rings is 1. The zero-order valence-corrected chi connectivity index (χ0v) is 13.1. The van der Waals surface area contributed by atoms with Gasteiger partial charge in [-0.05, 0) is 11.6 Å². The lowest BCUT2D eigenvalue weighted by atomic mass is 10.2. The number of nitrogens with zero attached hydrogens (tertiary/aromatic N) is 5. The molecule has 1 fully saturated rings. The molecule has 2 amide bonds. The fraction of sp³-hybridized carbons (Fsp3) is 0.375. The van der Waals surface area contributed by atoms with Crippen LogP contribution in [-0.4, -0.2) is 62.3 Å². The molecule has 2 aromatic heterocycles. The van der Waals surface area contributed by atoms with Crippen LogP contribution in [0.2, 0.25) is 0 Å². The van der Waals surface area contributed by atoms with Crippen LogP contribution in [0.3, 0.4) is 0 Å². The number of hydrogen-bond donors (Lipinski definition) is 0. The Hall–Kier alpha value is -2.70. The number of aryl methyl sites for hydroxylation is 1. The van der Waals surface area contributed by atoms with E-state index < -0.39 is 0 Å². The van der Waals surface area contributed by atoms with Gasteiger partial charge in [-0.3, -0.25) is 14.6 Å². The summed E-state index contributed by atoms with van der Waals surface area (Å²) in [5.74, 6) is -0.0314. The molecule has 0 aromatic carbocycles. The first-order chi connectivity index (χ1) is 11.1. The van der Waals surface area contributed by atoms with Gasteiger partial charge in [0.05, 0.1) is 12.6 Å². The number of carbonyl (C=O) groups excluding carboxylic acids is 2. The van der Waals surface area contributed by atoms with E-state index in [0.717, 1.165) is 5.56 Å². The molecule has 0 atom stereocenters. The Balaban J connectivity index is 1.54. The SMILES string of the molecule is Cn1ccc(CC(=O)N2CCN(C(=O)c3cnccn3)CC2)c1. The van der Waals surface area contributed by atoms with E-state index >= 15 is 0 Å². The van der Waals surface area contributed by atoms with Gasteiger partial charge in [0, 0.05) is 58.0 Å². The minimum absolute atomic E-state index is 0.0998. The van der Waals surface area contributed by atoms with Crippen molar-refractivity contribution < 1.29 is 9.59 Å². The number of amides is 2. The predicted octanol–water partition coefficient (Wildman–Crippen LogP) is 0.342. The van der Waals surface area contributed by atoms with E-state index in [0.29, 0.717) is 38.3 Å². The highest BCUT2D eigenvalue weighted by Gasteiger charge is 2.25. The summed E-state index contributed by atoms with van der Waals surface area (Å²) in [4.78, 5) is 36.1. The zero-order chi connectivity index (χ0) is 16.2. The molecule has 1 saturated heterocycles. The molecule has 1 aliphatic rings. The second-order valence-electron chi connectivity index (χ2n) is 5.63. The summed E-state index contributed by atoms with van der Waals surface area (Å²) >= 11 is 0. The topological polar surface area (TPSA) is 71.3 Å². The van der Waals surface area contributed by atoms with Gasteiger partial charge < -0.3 is 14.4 Å². The number of carbonyl (C=O) groups is 2. The van der Waals surface area contributed by atoms with Gasteiger partial charge in [0.25, 0.3) is 5.91 Å². The van der Waals surface area contributed by atoms with Crippen LogP contribution in [0.25, 0.3) is 0 Å². The van der Waals surface area contributed by atoms with Gasteiger partial charge in [-0.15, -0.1) is 0 Å². The largest absolute Gasteiger partial charge is 0.357 e. The van der Waals surface area contributed by atoms with Gasteiger partial charge in [0.15, 0.2) is 0 Å². The molecule has 7 heteroatoms. The van der Waals surface area contributed by atoms with Gasteiger partial charge in [-0.1, -0.05) is 0 Å². The average Bonchev–Trinajstić information content (AvgIpc) is 3.00. The second kappa shape index (κ2) is 6.60. The second-order valence-corrected chi connectivity index (χ2v) is 5.63. The Labute approximate surface area is 134 Å². The van der Waals surface area contributed by atoms with Crippen LogP contribution in [0, 0.1) is 0 Å². The molecule has 0 unspecified atom stereocenters. The van der Waals surface area contributed by atoms with Crippen molar-refractivity contribution in [1.29, 1.82) is 0 Å². The fourth-order valence-electron chi connectivity index (χ4n) is 2.68. The van der Waals surface area contributed by atoms with E-state index in [1.165, 1.54) is 18.6 Å². The molecule has 0 radical (unpaired) electrons. The summed E-state index contributed by atoms with van der Waals surface area (Å²) in [7, 11) is 1.94. The molecule has 0 saturated carbocycles. The van der Waals surface area contributed by atoms with Crippen molar-refractivity contribution in [3.8, 4) is 0 Å². The van der Waals surface area contributed by atoms with Crippen LogP contribution >= 0.6 is 0 Å². The van der Waals surface area contributed by atoms with Crippen LogP contribution in [0.5, 0.6) is 0 Å². The monoisotopic (exact) mass is 313 g/mol. The quantitative estimate of drug-likeness (QED) is 0.819. The highest BCUT2D eigenvalue weighted by atomic mass is 16.2. The van der Waals surface area contributed by atoms with Gasteiger partial charge in [-0.2, -0.15) is 0 Å². The first-order valence-electron chi connectivity index (χ1n) is 7.57. The standard InChI is InChI=1S/C16H19N5O2/c1-19-5-2-13(12-19)10-15(22)20-6-8-21(9-7-20)16(23)14-11-17-3-4-18-14/h2-5,11-12H,6-10H2,1H3. The van der Waals surface area contributed by atoms with E-state index in [-0.39, 0.29) is 11.8 Å². The van der Waals surface area contributed by atoms with E-state index in [2.05, 4.69) is 9.97 Å². The molecular weight excluding hydrogens is 294 g/mol. The van der Waals surface area contributed by atoms with Crippen molar-refractivity contribution in [2.75, 3.05) is 26.2 Å². The van der Waals surface area contributed by atoms with Crippen LogP contribution in [-0.2, 0) is 18.3 Å². The minimum Gasteiger partial charge on any atom is -0.357 e. The van der Waals surface area contributed by atoms with Crippen molar-refractivity contribution in [2.24, 2.45) is 7.05 Å². The summed E-state index contributed by atoms with van der Waals surface area (Å²) in [5, 5.41) is 0. The lowest BCUT2D eigenvalue weighted by Crippen LogP contribution is -2.51. The van der Waals surface area contributed by atoms with Crippen LogP contribution in [0.4, 0.5) is 0 Å². The maximum atomic E-state index is 12.3. The molecule has 3 rings (SSSR count). The maximum Gasteiger partial charge on any atom is 0.274 e. The van der Waals surface area contributed by atoms with Crippen LogP contribution < -0.4 is 0 Å². The highest BCUT2D eigenvalue weighted by Crippen LogP contribution is 2.09. The Bertz CT molecular complexity index is 690. The summed E-state index contributed by atoms with van der Waals surface area (Å²) in [5.41, 5.74) is 1.35. The Morgan fingerprint density at radius 3 is 2.48 bits per heavy atom. The molecule has 0 aliphatic carbocycles. The van der Waals surface area contributed by atoms with Crippen LogP contribution in [0.1, 0.15) is 16.1 Å². The van der Waals surface area contributed by atoms with E-state index in [4.69, 9.17) is 0 Å². The van der Waals surface area contributed by atoms with Gasteiger partial charge in [0.2, 0.25) is 5.91 Å². The molecule has 0 bridgehead atoms. The van der Waals surface area contributed by atoms with E-state index in [1.54, 1.807) is 4.90 Å². The van der Waals surface area contributed by atoms with E-state index in [9.17, 15) is 9.59 Å². The molecule has 7 nitrogen and oxygen atoms in total. The molecule has 120 valence electrons. The number of rotatable bonds is 3. The summed E-state index contributed by atoms with van der Waals surface area (Å²) < 4.78 is 1.93. The fourth-order valence-corrected chi connectivity index (χ4v) is 2.68. The Morgan fingerprint density at radius 2 is 1.87 bits per heavy atom. The minimum atomic E-state index is -0.131. The highest BCUT2D eigenvalue weighted by molar-refractivity contribution is 5.92. The lowest BCUT2D eigenvalue weighted by Gasteiger charge is -2.34. The van der Waals surface area contributed by atoms with Crippen molar-refractivity contribution in [1.82, 2.24) is 24.3 Å². The Kier molecular flexibility index (Phi) is 4.36. The molecule has 0 spiro atoms. The first kappa shape index (κ1) is 15.2. The molecule has 23 heavy (non-hydrogen) atoms. The van der Waals surface area contributed by atoms with Crippen LogP contribution in [0.15, 0.2) is 37.1 Å². The third-order valence-electron chi connectivity index (χ3n) is 3.95. The summed E-state index contributed by atoms with van der Waals surface area (Å²) in [6.07, 6.45) is 8.80. The first-order valence-corrected chi connectivity index (χ1v) is 7.57. The summed E-state index contributed by atoms with van der Waals surface area (Å²) in [6.45, 7) is 2.15. The van der Waals surface area contributed by atoms with Gasteiger partial charge in [0.1, 0.15) is 5.69 Å².